The van der Waals surface area contributed by atoms with Crippen LogP contribution < -0.4 is 5.32 Å². The first-order valence-electron chi connectivity index (χ1n) is 7.83. The van der Waals surface area contributed by atoms with Crippen LogP contribution in [0.25, 0.3) is 0 Å². The highest BCUT2D eigenvalue weighted by atomic mass is 79.9. The van der Waals surface area contributed by atoms with Crippen molar-refractivity contribution in [2.45, 2.75) is 13.5 Å². The molecule has 0 unspecified atom stereocenters. The van der Waals surface area contributed by atoms with E-state index in [1.54, 1.807) is 29.1 Å². The molecule has 0 aliphatic heterocycles. The number of nitrogens with one attached hydrogen (secondary N) is 1. The van der Waals surface area contributed by atoms with Crippen LogP contribution in [0.5, 0.6) is 0 Å². The lowest BCUT2D eigenvalue weighted by Crippen LogP contribution is -2.15. The molecule has 12 heteroatoms. The van der Waals surface area contributed by atoms with Crippen molar-refractivity contribution in [1.82, 2.24) is 19.6 Å². The minimum atomic E-state index is -0.731. The van der Waals surface area contributed by atoms with Gasteiger partial charge in [-0.2, -0.15) is 10.2 Å². The minimum absolute atomic E-state index is 0.202. The molecule has 0 saturated heterocycles. The van der Waals surface area contributed by atoms with Crippen molar-refractivity contribution in [3.05, 3.63) is 66.0 Å². The number of hydrogen-bond acceptors (Lipinski definition) is 5. The Labute approximate surface area is 177 Å². The number of aryl methyl sites for hydroxylation is 1. The first-order chi connectivity index (χ1) is 13.2. The summed E-state index contributed by atoms with van der Waals surface area (Å²) in [6.07, 6.45) is 1.65. The van der Waals surface area contributed by atoms with Gasteiger partial charge in [-0.3, -0.25) is 24.3 Å². The molecule has 9 nitrogen and oxygen atoms in total. The van der Waals surface area contributed by atoms with Crippen molar-refractivity contribution in [1.29, 1.82) is 0 Å². The molecule has 2 heterocycles. The average Bonchev–Trinajstić information content (AvgIpc) is 3.10. The molecule has 1 amide bonds. The molecule has 0 bridgehead atoms. The van der Waals surface area contributed by atoms with Crippen molar-refractivity contribution >= 4 is 56.5 Å². The van der Waals surface area contributed by atoms with Crippen LogP contribution in [0, 0.1) is 17.0 Å². The van der Waals surface area contributed by atoms with E-state index in [9.17, 15) is 14.9 Å². The highest BCUT2D eigenvalue weighted by molar-refractivity contribution is 9.10. The Morgan fingerprint density at radius 2 is 2.07 bits per heavy atom. The number of halogens is 3. The quantitative estimate of drug-likeness (QED) is 0.428. The van der Waals surface area contributed by atoms with Crippen molar-refractivity contribution in [3.63, 3.8) is 0 Å². The van der Waals surface area contributed by atoms with Gasteiger partial charge in [-0.1, -0.05) is 29.3 Å². The van der Waals surface area contributed by atoms with Gasteiger partial charge in [0.15, 0.2) is 5.82 Å². The van der Waals surface area contributed by atoms with Gasteiger partial charge in [0.1, 0.15) is 5.69 Å². The van der Waals surface area contributed by atoms with Gasteiger partial charge < -0.3 is 5.32 Å². The Morgan fingerprint density at radius 1 is 1.36 bits per heavy atom. The number of carbonyl (C=O) groups is 1. The Hall–Kier alpha value is -2.43. The van der Waals surface area contributed by atoms with Gasteiger partial charge in [0, 0.05) is 23.3 Å². The summed E-state index contributed by atoms with van der Waals surface area (Å²) in [6, 6.07) is 5.12. The number of anilines is 1. The summed E-state index contributed by atoms with van der Waals surface area (Å²) in [5.41, 5.74) is 0.433. The van der Waals surface area contributed by atoms with Crippen LogP contribution in [-0.2, 0) is 13.6 Å². The fourth-order valence-corrected chi connectivity index (χ4v) is 3.41. The maximum Gasteiger partial charge on any atom is 0.322 e. The van der Waals surface area contributed by atoms with Crippen molar-refractivity contribution < 1.29 is 9.72 Å². The normalized spacial score (nSPS) is 10.9. The molecule has 0 spiro atoms. The molecule has 28 heavy (non-hydrogen) atoms. The summed E-state index contributed by atoms with van der Waals surface area (Å²) in [6.45, 7) is 1.86. The standard InChI is InChI=1S/C16H13BrCl2N6O3/c1-8-14(25(27)28)13(21-23(8)2)16(26)20-15-11(17)7-24(22-15)6-9-3-4-10(18)5-12(9)19/h3-5,7H,6H2,1-2H3,(H,20,22,26). The first kappa shape index (κ1) is 20.3. The molecule has 0 radical (unpaired) electrons. The summed E-state index contributed by atoms with van der Waals surface area (Å²) in [7, 11) is 1.53. The molecule has 1 aromatic carbocycles. The molecule has 3 aromatic rings. The van der Waals surface area contributed by atoms with Crippen molar-refractivity contribution in [2.24, 2.45) is 7.05 Å². The Bertz CT molecular complexity index is 1090. The lowest BCUT2D eigenvalue weighted by molar-refractivity contribution is -0.385. The van der Waals surface area contributed by atoms with Gasteiger partial charge >= 0.3 is 5.69 Å². The predicted octanol–water partition coefficient (Wildman–Crippen LogP) is 4.20. The van der Waals surface area contributed by atoms with Gasteiger partial charge in [-0.25, -0.2) is 0 Å². The highest BCUT2D eigenvalue weighted by Gasteiger charge is 2.29. The van der Waals surface area contributed by atoms with Gasteiger partial charge in [-0.05, 0) is 40.5 Å². The monoisotopic (exact) mass is 486 g/mol. The third kappa shape index (κ3) is 4.03. The third-order valence-electron chi connectivity index (χ3n) is 4.00. The van der Waals surface area contributed by atoms with Gasteiger partial charge in [0.2, 0.25) is 5.69 Å². The van der Waals surface area contributed by atoms with Gasteiger partial charge in [0.05, 0.1) is 15.9 Å². The lowest BCUT2D eigenvalue weighted by atomic mass is 10.2. The zero-order valence-corrected chi connectivity index (χ0v) is 17.7. The van der Waals surface area contributed by atoms with E-state index in [1.807, 2.05) is 0 Å². The number of nitrogens with zero attached hydrogens (tertiary/aromatic N) is 5. The van der Waals surface area contributed by atoms with E-state index in [0.29, 0.717) is 21.1 Å². The molecular formula is C16H13BrCl2N6O3. The van der Waals surface area contributed by atoms with Crippen LogP contribution in [0.4, 0.5) is 11.5 Å². The number of carbonyl (C=O) groups excluding carboxylic acids is 1. The fraction of sp³-hybridized carbons (Fsp3) is 0.188. The number of aromatic nitrogens is 4. The van der Waals surface area contributed by atoms with Crippen LogP contribution >= 0.6 is 39.1 Å². The summed E-state index contributed by atoms with van der Waals surface area (Å²) in [5, 5.41) is 23.0. The molecule has 0 atom stereocenters. The van der Waals surface area contributed by atoms with E-state index in [0.717, 1.165) is 5.56 Å². The maximum atomic E-state index is 12.5. The largest absolute Gasteiger partial charge is 0.322 e. The molecular weight excluding hydrogens is 475 g/mol. The number of amides is 1. The Balaban J connectivity index is 1.83. The summed E-state index contributed by atoms with van der Waals surface area (Å²) >= 11 is 15.4. The number of nitro groups is 1. The maximum absolute atomic E-state index is 12.5. The molecule has 0 saturated carbocycles. The van der Waals surface area contributed by atoms with Crippen LogP contribution in [0.1, 0.15) is 21.7 Å². The second-order valence-electron chi connectivity index (χ2n) is 5.88. The highest BCUT2D eigenvalue weighted by Crippen LogP contribution is 2.27. The number of hydrogen-bond donors (Lipinski definition) is 1. The Morgan fingerprint density at radius 3 is 2.71 bits per heavy atom. The van der Waals surface area contributed by atoms with E-state index in [1.165, 1.54) is 18.7 Å². The van der Waals surface area contributed by atoms with Crippen molar-refractivity contribution in [3.8, 4) is 0 Å². The summed E-state index contributed by atoms with van der Waals surface area (Å²) in [5.74, 6) is -0.529. The SMILES string of the molecule is Cc1c([N+](=O)[O-])c(C(=O)Nc2nn(Cc3ccc(Cl)cc3Cl)cc2Br)nn1C. The summed E-state index contributed by atoms with van der Waals surface area (Å²) < 4.78 is 3.34. The van der Waals surface area contributed by atoms with Gasteiger partial charge in [0.25, 0.3) is 5.91 Å². The smallest absolute Gasteiger partial charge is 0.302 e. The number of benzene rings is 1. The van der Waals surface area contributed by atoms with Crippen LogP contribution in [0.15, 0.2) is 28.9 Å². The van der Waals surface area contributed by atoms with E-state index in [2.05, 4.69) is 31.4 Å². The zero-order chi connectivity index (χ0) is 20.6. The predicted molar refractivity (Wildman–Crippen MR) is 108 cm³/mol. The van der Waals surface area contributed by atoms with Gasteiger partial charge in [-0.15, -0.1) is 0 Å². The molecule has 1 N–H and O–H groups in total. The second kappa shape index (κ2) is 7.90. The lowest BCUT2D eigenvalue weighted by Gasteiger charge is -2.05. The number of rotatable bonds is 5. The first-order valence-corrected chi connectivity index (χ1v) is 9.38. The van der Waals surface area contributed by atoms with E-state index >= 15 is 0 Å². The van der Waals surface area contributed by atoms with E-state index < -0.39 is 10.8 Å². The molecule has 0 fully saturated rings. The molecule has 146 valence electrons. The molecule has 0 aliphatic rings. The van der Waals surface area contributed by atoms with Crippen molar-refractivity contribution in [2.75, 3.05) is 5.32 Å². The Kier molecular flexibility index (Phi) is 5.73. The van der Waals surface area contributed by atoms with E-state index in [-0.39, 0.29) is 22.9 Å². The summed E-state index contributed by atoms with van der Waals surface area (Å²) in [4.78, 5) is 23.2. The molecule has 3 rings (SSSR count). The molecule has 2 aromatic heterocycles. The third-order valence-corrected chi connectivity index (χ3v) is 5.16. The zero-order valence-electron chi connectivity index (χ0n) is 14.6. The van der Waals surface area contributed by atoms with Crippen LogP contribution in [-0.4, -0.2) is 30.4 Å². The van der Waals surface area contributed by atoms with E-state index in [4.69, 9.17) is 23.2 Å². The fourth-order valence-electron chi connectivity index (χ4n) is 2.52. The minimum Gasteiger partial charge on any atom is -0.302 e. The second-order valence-corrected chi connectivity index (χ2v) is 7.57. The van der Waals surface area contributed by atoms with Crippen LogP contribution in [0.3, 0.4) is 0 Å². The molecule has 0 aliphatic carbocycles. The topological polar surface area (TPSA) is 108 Å². The van der Waals surface area contributed by atoms with Crippen LogP contribution in [0.2, 0.25) is 10.0 Å². The average molecular weight is 488 g/mol.